The lowest BCUT2D eigenvalue weighted by Crippen LogP contribution is -2.51. The van der Waals surface area contributed by atoms with E-state index < -0.39 is 53.2 Å². The molecule has 0 saturated heterocycles. The number of nitrogens with one attached hydrogen (secondary N) is 1. The molecule has 8 nitrogen and oxygen atoms in total. The van der Waals surface area contributed by atoms with Crippen molar-refractivity contribution < 1.29 is 33.7 Å². The molecule has 2 aliphatic rings. The fourth-order valence-electron chi connectivity index (χ4n) is 3.55. The Morgan fingerprint density at radius 1 is 1.25 bits per heavy atom. The van der Waals surface area contributed by atoms with Crippen molar-refractivity contribution in [1.29, 1.82) is 0 Å². The Morgan fingerprint density at radius 3 is 2.42 bits per heavy atom. The predicted molar refractivity (Wildman–Crippen MR) is 77.6 cm³/mol. The summed E-state index contributed by atoms with van der Waals surface area (Å²) in [5.74, 6) is -5.27. The standard InChI is InChI=1S/C15H15FN2O6/c16-6-1-3-7(4-2-6)18-14(23)24-8-5-15(17,13(21)22)11-9(8)10(11)12(19)20/h1-4,8-11H,5,17H2,(H,18,23)(H,19,20)(H,21,22). The highest BCUT2D eigenvalue weighted by molar-refractivity contribution is 5.87. The minimum Gasteiger partial charge on any atom is -0.481 e. The first kappa shape index (κ1) is 16.2. The number of anilines is 1. The number of nitrogens with two attached hydrogens (primary N) is 1. The van der Waals surface area contributed by atoms with Gasteiger partial charge in [-0.05, 0) is 24.3 Å². The molecule has 0 aromatic heterocycles. The number of hydrogen-bond donors (Lipinski definition) is 4. The smallest absolute Gasteiger partial charge is 0.411 e. The number of hydrogen-bond acceptors (Lipinski definition) is 5. The summed E-state index contributed by atoms with van der Waals surface area (Å²) in [6.45, 7) is 0. The summed E-state index contributed by atoms with van der Waals surface area (Å²) in [5, 5.41) is 20.8. The van der Waals surface area contributed by atoms with Crippen molar-refractivity contribution in [2.24, 2.45) is 23.5 Å². The molecule has 0 spiro atoms. The lowest BCUT2D eigenvalue weighted by molar-refractivity contribution is -0.146. The normalized spacial score (nSPS) is 33.4. The second-order valence-corrected chi connectivity index (χ2v) is 6.09. The van der Waals surface area contributed by atoms with E-state index >= 15 is 0 Å². The minimum atomic E-state index is -1.73. The fraction of sp³-hybridized carbons (Fsp3) is 0.400. The van der Waals surface area contributed by atoms with Crippen LogP contribution in [0.3, 0.4) is 0 Å². The van der Waals surface area contributed by atoms with Crippen molar-refractivity contribution >= 4 is 23.7 Å². The van der Waals surface area contributed by atoms with Gasteiger partial charge < -0.3 is 20.7 Å². The molecule has 0 aliphatic heterocycles. The topological polar surface area (TPSA) is 139 Å². The van der Waals surface area contributed by atoms with Crippen LogP contribution in [0, 0.1) is 23.6 Å². The highest BCUT2D eigenvalue weighted by Gasteiger charge is 2.75. The number of ether oxygens (including phenoxy) is 1. The number of carbonyl (C=O) groups is 3. The van der Waals surface area contributed by atoms with Gasteiger partial charge in [0.05, 0.1) is 5.92 Å². The van der Waals surface area contributed by atoms with E-state index in [0.717, 1.165) is 12.1 Å². The van der Waals surface area contributed by atoms with Gasteiger partial charge in [0.1, 0.15) is 17.5 Å². The van der Waals surface area contributed by atoms with Crippen LogP contribution in [0.2, 0.25) is 0 Å². The van der Waals surface area contributed by atoms with E-state index in [1.165, 1.54) is 12.1 Å². The van der Waals surface area contributed by atoms with Gasteiger partial charge in [0.2, 0.25) is 0 Å². The number of rotatable bonds is 4. The first-order valence-electron chi connectivity index (χ1n) is 7.22. The van der Waals surface area contributed by atoms with Gasteiger partial charge in [-0.15, -0.1) is 0 Å². The minimum absolute atomic E-state index is 0.154. The van der Waals surface area contributed by atoms with Gasteiger partial charge in [-0.1, -0.05) is 0 Å². The molecule has 0 bridgehead atoms. The summed E-state index contributed by atoms with van der Waals surface area (Å²) in [4.78, 5) is 34.5. The number of aliphatic carboxylic acids is 2. The quantitative estimate of drug-likeness (QED) is 0.639. The summed E-state index contributed by atoms with van der Waals surface area (Å²) in [6, 6.07) is 4.96. The van der Waals surface area contributed by atoms with Crippen molar-refractivity contribution in [2.45, 2.75) is 18.1 Å². The third-order valence-corrected chi connectivity index (χ3v) is 4.67. The van der Waals surface area contributed by atoms with Gasteiger partial charge in [-0.3, -0.25) is 14.9 Å². The molecular formula is C15H15FN2O6. The average Bonchev–Trinajstić information content (AvgIpc) is 3.18. The molecule has 0 radical (unpaired) electrons. The van der Waals surface area contributed by atoms with Crippen LogP contribution in [0.15, 0.2) is 24.3 Å². The maximum Gasteiger partial charge on any atom is 0.411 e. The molecular weight excluding hydrogens is 323 g/mol. The molecule has 1 amide bonds. The van der Waals surface area contributed by atoms with E-state index in [0.29, 0.717) is 5.69 Å². The fourth-order valence-corrected chi connectivity index (χ4v) is 3.55. The largest absolute Gasteiger partial charge is 0.481 e. The zero-order valence-electron chi connectivity index (χ0n) is 12.3. The molecule has 5 unspecified atom stereocenters. The Balaban J connectivity index is 1.69. The number of fused-ring (bicyclic) bond motifs is 1. The van der Waals surface area contributed by atoms with Gasteiger partial charge in [0.25, 0.3) is 0 Å². The Morgan fingerprint density at radius 2 is 1.88 bits per heavy atom. The number of halogens is 1. The van der Waals surface area contributed by atoms with Gasteiger partial charge in [0.15, 0.2) is 0 Å². The van der Waals surface area contributed by atoms with Crippen LogP contribution in [0.1, 0.15) is 6.42 Å². The van der Waals surface area contributed by atoms with E-state index in [9.17, 15) is 23.9 Å². The number of carboxylic acid groups (broad SMARTS) is 2. The Bertz CT molecular complexity index is 708. The summed E-state index contributed by atoms with van der Waals surface area (Å²) in [5.41, 5.74) is 4.40. The van der Waals surface area contributed by atoms with Crippen molar-refractivity contribution in [3.63, 3.8) is 0 Å². The van der Waals surface area contributed by atoms with E-state index in [2.05, 4.69) is 5.32 Å². The monoisotopic (exact) mass is 338 g/mol. The van der Waals surface area contributed by atoms with E-state index in [1.807, 2.05) is 0 Å². The molecule has 24 heavy (non-hydrogen) atoms. The number of carboxylic acids is 2. The Labute approximate surface area is 135 Å². The number of carbonyl (C=O) groups excluding carboxylic acids is 1. The zero-order valence-corrected chi connectivity index (χ0v) is 12.3. The molecule has 2 fully saturated rings. The Kier molecular flexibility index (Phi) is 3.67. The molecule has 5 N–H and O–H groups in total. The van der Waals surface area contributed by atoms with Gasteiger partial charge in [-0.25, -0.2) is 9.18 Å². The first-order chi connectivity index (χ1) is 11.2. The summed E-state index contributed by atoms with van der Waals surface area (Å²) in [6.07, 6.45) is -1.94. The predicted octanol–water partition coefficient (Wildman–Crippen LogP) is 0.875. The Hall–Kier alpha value is -2.68. The second-order valence-electron chi connectivity index (χ2n) is 6.09. The van der Waals surface area contributed by atoms with Crippen LogP contribution >= 0.6 is 0 Å². The van der Waals surface area contributed by atoms with Crippen molar-refractivity contribution in [3.05, 3.63) is 30.1 Å². The van der Waals surface area contributed by atoms with Crippen LogP contribution < -0.4 is 11.1 Å². The number of benzene rings is 1. The second kappa shape index (κ2) is 5.45. The molecule has 2 saturated carbocycles. The first-order valence-corrected chi connectivity index (χ1v) is 7.22. The third kappa shape index (κ3) is 2.56. The van der Waals surface area contributed by atoms with Crippen molar-refractivity contribution in [1.82, 2.24) is 0 Å². The maximum atomic E-state index is 12.8. The maximum absolute atomic E-state index is 12.8. The third-order valence-electron chi connectivity index (χ3n) is 4.67. The van der Waals surface area contributed by atoms with Crippen LogP contribution in [0.4, 0.5) is 14.9 Å². The van der Waals surface area contributed by atoms with E-state index in [-0.39, 0.29) is 6.42 Å². The number of amides is 1. The molecule has 2 aliphatic carbocycles. The van der Waals surface area contributed by atoms with Gasteiger partial charge >= 0.3 is 18.0 Å². The van der Waals surface area contributed by atoms with Crippen molar-refractivity contribution in [3.8, 4) is 0 Å². The molecule has 3 rings (SSSR count). The van der Waals surface area contributed by atoms with Crippen LogP contribution in [0.5, 0.6) is 0 Å². The summed E-state index contributed by atoms with van der Waals surface area (Å²) < 4.78 is 18.0. The molecule has 1 aromatic rings. The SMILES string of the molecule is NC1(C(=O)O)CC(OC(=O)Nc2ccc(F)cc2)C2C(C(=O)O)C21. The van der Waals surface area contributed by atoms with Gasteiger partial charge in [0, 0.05) is 23.9 Å². The lowest BCUT2D eigenvalue weighted by atomic mass is 9.91. The van der Waals surface area contributed by atoms with Crippen LogP contribution in [-0.2, 0) is 14.3 Å². The molecule has 0 heterocycles. The van der Waals surface area contributed by atoms with Crippen molar-refractivity contribution in [2.75, 3.05) is 5.32 Å². The molecule has 5 atom stereocenters. The van der Waals surface area contributed by atoms with E-state index in [4.69, 9.17) is 15.6 Å². The van der Waals surface area contributed by atoms with Crippen LogP contribution in [-0.4, -0.2) is 39.9 Å². The summed E-state index contributed by atoms with van der Waals surface area (Å²) in [7, 11) is 0. The highest BCUT2D eigenvalue weighted by atomic mass is 19.1. The van der Waals surface area contributed by atoms with Crippen LogP contribution in [0.25, 0.3) is 0 Å². The molecule has 9 heteroatoms. The zero-order chi connectivity index (χ0) is 17.6. The van der Waals surface area contributed by atoms with E-state index in [1.54, 1.807) is 0 Å². The summed E-state index contributed by atoms with van der Waals surface area (Å²) >= 11 is 0. The highest BCUT2D eigenvalue weighted by Crippen LogP contribution is 2.62. The van der Waals surface area contributed by atoms with Gasteiger partial charge in [-0.2, -0.15) is 0 Å². The molecule has 1 aromatic carbocycles. The lowest BCUT2D eigenvalue weighted by Gasteiger charge is -2.24. The molecule has 128 valence electrons. The average molecular weight is 338 g/mol.